The molecule has 1 amide bonds. The fourth-order valence-corrected chi connectivity index (χ4v) is 3.83. The number of hydrogen-bond donors (Lipinski definition) is 2. The Labute approximate surface area is 178 Å². The van der Waals surface area contributed by atoms with Gasteiger partial charge in [-0.1, -0.05) is 23.4 Å². The lowest BCUT2D eigenvalue weighted by Gasteiger charge is -2.22. The van der Waals surface area contributed by atoms with Crippen LogP contribution >= 0.6 is 24.8 Å². The molecular formula is C19H28Cl2N6O. The highest BCUT2D eigenvalue weighted by molar-refractivity contribution is 5.91. The number of halogens is 2. The predicted molar refractivity (Wildman–Crippen MR) is 115 cm³/mol. The molecule has 0 spiro atoms. The van der Waals surface area contributed by atoms with Crippen molar-refractivity contribution in [3.05, 3.63) is 42.2 Å². The summed E-state index contributed by atoms with van der Waals surface area (Å²) in [7, 11) is 0. The van der Waals surface area contributed by atoms with Crippen LogP contribution in [0, 0.1) is 5.92 Å². The van der Waals surface area contributed by atoms with Crippen molar-refractivity contribution in [2.24, 2.45) is 5.92 Å². The van der Waals surface area contributed by atoms with Crippen molar-refractivity contribution in [3.8, 4) is 0 Å². The van der Waals surface area contributed by atoms with Crippen LogP contribution in [0.4, 0.5) is 5.69 Å². The number of benzene rings is 1. The Kier molecular flexibility index (Phi) is 8.54. The molecule has 0 radical (unpaired) electrons. The van der Waals surface area contributed by atoms with Crippen LogP contribution in [-0.2, 0) is 0 Å². The highest BCUT2D eigenvalue weighted by atomic mass is 35.5. The second-order valence-corrected chi connectivity index (χ2v) is 7.21. The summed E-state index contributed by atoms with van der Waals surface area (Å²) < 4.78 is 1.85. The largest absolute Gasteiger partial charge is 0.371 e. The lowest BCUT2D eigenvalue weighted by Crippen LogP contribution is -2.31. The van der Waals surface area contributed by atoms with E-state index in [-0.39, 0.29) is 30.7 Å². The number of anilines is 1. The summed E-state index contributed by atoms with van der Waals surface area (Å²) in [6, 6.07) is 10.8. The predicted octanol–water partition coefficient (Wildman–Crippen LogP) is 2.30. The van der Waals surface area contributed by atoms with Crippen molar-refractivity contribution in [3.63, 3.8) is 0 Å². The molecule has 2 N–H and O–H groups in total. The van der Waals surface area contributed by atoms with Crippen molar-refractivity contribution in [1.82, 2.24) is 25.6 Å². The Hall–Kier alpha value is -1.83. The number of nitrogens with zero attached hydrogens (tertiary/aromatic N) is 4. The van der Waals surface area contributed by atoms with Crippen LogP contribution in [0.5, 0.6) is 0 Å². The molecule has 0 bridgehead atoms. The molecule has 2 aliphatic rings. The minimum atomic E-state index is -0.122. The van der Waals surface area contributed by atoms with E-state index in [9.17, 15) is 4.79 Å². The van der Waals surface area contributed by atoms with Gasteiger partial charge in [0.2, 0.25) is 0 Å². The van der Waals surface area contributed by atoms with Crippen molar-refractivity contribution in [2.45, 2.75) is 25.3 Å². The topological polar surface area (TPSA) is 75.1 Å². The minimum absolute atomic E-state index is 0. The first-order valence-corrected chi connectivity index (χ1v) is 9.50. The molecule has 2 fully saturated rings. The van der Waals surface area contributed by atoms with Gasteiger partial charge in [0.1, 0.15) is 0 Å². The van der Waals surface area contributed by atoms with E-state index in [0.717, 1.165) is 45.4 Å². The van der Waals surface area contributed by atoms with Crippen LogP contribution in [-0.4, -0.2) is 53.6 Å². The molecule has 0 saturated carbocycles. The van der Waals surface area contributed by atoms with Crippen LogP contribution in [0.25, 0.3) is 0 Å². The van der Waals surface area contributed by atoms with Gasteiger partial charge in [0.15, 0.2) is 5.69 Å². The molecular weight excluding hydrogens is 399 g/mol. The van der Waals surface area contributed by atoms with E-state index in [1.807, 2.05) is 10.7 Å². The minimum Gasteiger partial charge on any atom is -0.371 e. The van der Waals surface area contributed by atoms with E-state index in [2.05, 4.69) is 50.1 Å². The summed E-state index contributed by atoms with van der Waals surface area (Å²) in [5.74, 6) is 0.349. The molecule has 3 heterocycles. The average molecular weight is 427 g/mol. The van der Waals surface area contributed by atoms with Crippen molar-refractivity contribution < 1.29 is 4.79 Å². The Morgan fingerprint density at radius 1 is 1.14 bits per heavy atom. The van der Waals surface area contributed by atoms with E-state index in [1.165, 1.54) is 5.69 Å². The fourth-order valence-electron chi connectivity index (χ4n) is 3.83. The highest BCUT2D eigenvalue weighted by Crippen LogP contribution is 2.23. The van der Waals surface area contributed by atoms with E-state index >= 15 is 0 Å². The Morgan fingerprint density at radius 3 is 2.64 bits per heavy atom. The number of hydrogen-bond acceptors (Lipinski definition) is 5. The molecule has 2 aliphatic heterocycles. The molecule has 2 aromatic rings. The summed E-state index contributed by atoms with van der Waals surface area (Å²) in [5.41, 5.74) is 1.67. The van der Waals surface area contributed by atoms with Gasteiger partial charge in [-0.2, -0.15) is 0 Å². The lowest BCUT2D eigenvalue weighted by atomic mass is 10.1. The summed E-state index contributed by atoms with van der Waals surface area (Å²) in [6.45, 7) is 4.68. The molecule has 4 rings (SSSR count). The molecule has 1 unspecified atom stereocenters. The number of rotatable bonds is 5. The second kappa shape index (κ2) is 10.6. The number of piperidine rings is 1. The number of amides is 1. The lowest BCUT2D eigenvalue weighted by molar-refractivity contribution is 0.0943. The highest BCUT2D eigenvalue weighted by Gasteiger charge is 2.24. The van der Waals surface area contributed by atoms with Crippen LogP contribution < -0.4 is 15.5 Å². The normalized spacial score (nSPS) is 19.6. The van der Waals surface area contributed by atoms with Gasteiger partial charge in [-0.25, -0.2) is 4.68 Å². The van der Waals surface area contributed by atoms with Gasteiger partial charge in [0.25, 0.3) is 5.91 Å². The fraction of sp³-hybridized carbons (Fsp3) is 0.526. The van der Waals surface area contributed by atoms with Crippen molar-refractivity contribution >= 4 is 36.4 Å². The van der Waals surface area contributed by atoms with Crippen molar-refractivity contribution in [2.75, 3.05) is 37.6 Å². The molecule has 28 heavy (non-hydrogen) atoms. The zero-order chi connectivity index (χ0) is 17.8. The molecule has 7 nitrogen and oxygen atoms in total. The van der Waals surface area contributed by atoms with Gasteiger partial charge in [-0.3, -0.25) is 4.79 Å². The molecule has 1 aromatic heterocycles. The summed E-state index contributed by atoms with van der Waals surface area (Å²) in [4.78, 5) is 14.8. The van der Waals surface area contributed by atoms with E-state index in [4.69, 9.17) is 0 Å². The van der Waals surface area contributed by atoms with Gasteiger partial charge in [-0.15, -0.1) is 29.9 Å². The molecule has 154 valence electrons. The summed E-state index contributed by atoms with van der Waals surface area (Å²) in [5, 5.41) is 14.6. The Balaban J connectivity index is 0.00000140. The van der Waals surface area contributed by atoms with Gasteiger partial charge in [0, 0.05) is 25.3 Å². The quantitative estimate of drug-likeness (QED) is 0.766. The summed E-state index contributed by atoms with van der Waals surface area (Å²) in [6.07, 6.45) is 4.94. The smallest absolute Gasteiger partial charge is 0.273 e. The van der Waals surface area contributed by atoms with Crippen molar-refractivity contribution in [1.29, 1.82) is 0 Å². The van der Waals surface area contributed by atoms with Crippen LogP contribution in [0.1, 0.15) is 35.8 Å². The maximum absolute atomic E-state index is 12.4. The van der Waals surface area contributed by atoms with E-state index in [1.54, 1.807) is 6.20 Å². The zero-order valence-electron chi connectivity index (χ0n) is 15.8. The third-order valence-electron chi connectivity index (χ3n) is 5.38. The first-order chi connectivity index (χ1) is 12.8. The van der Waals surface area contributed by atoms with Crippen LogP contribution in [0.2, 0.25) is 0 Å². The summed E-state index contributed by atoms with van der Waals surface area (Å²) >= 11 is 0. The Bertz CT molecular complexity index is 735. The molecule has 1 aromatic carbocycles. The third kappa shape index (κ3) is 5.37. The molecule has 1 atom stereocenters. The van der Waals surface area contributed by atoms with E-state index in [0.29, 0.717) is 24.2 Å². The third-order valence-corrected chi connectivity index (χ3v) is 5.38. The first-order valence-electron chi connectivity index (χ1n) is 9.50. The maximum atomic E-state index is 12.4. The second-order valence-electron chi connectivity index (χ2n) is 7.21. The number of carbonyl (C=O) groups is 1. The monoisotopic (exact) mass is 426 g/mol. The standard InChI is InChI=1S/C19H26N6O.2ClH/c26-19(18-14-25(23-22-18)17-6-9-20-10-7-17)21-12-15-8-11-24(13-15)16-4-2-1-3-5-16;;/h1-5,14-15,17,20H,6-13H2,(H,21,26);2*1H. The average Bonchev–Trinajstić information content (AvgIpc) is 3.37. The van der Waals surface area contributed by atoms with Gasteiger partial charge >= 0.3 is 0 Å². The number of para-hydroxylation sites is 1. The number of nitrogens with one attached hydrogen (secondary N) is 2. The molecule has 0 aliphatic carbocycles. The first kappa shape index (κ1) is 22.5. The zero-order valence-corrected chi connectivity index (χ0v) is 17.4. The van der Waals surface area contributed by atoms with Gasteiger partial charge in [-0.05, 0) is 50.4 Å². The molecule has 2 saturated heterocycles. The Morgan fingerprint density at radius 2 is 1.89 bits per heavy atom. The SMILES string of the molecule is Cl.Cl.O=C(NCC1CCN(c2ccccc2)C1)c1cn(C2CCNCC2)nn1. The molecule has 9 heteroatoms. The van der Waals surface area contributed by atoms with Crippen LogP contribution in [0.3, 0.4) is 0 Å². The van der Waals surface area contributed by atoms with E-state index < -0.39 is 0 Å². The number of carbonyl (C=O) groups excluding carboxylic acids is 1. The number of aromatic nitrogens is 3. The van der Waals surface area contributed by atoms with Crippen LogP contribution in [0.15, 0.2) is 36.5 Å². The maximum Gasteiger partial charge on any atom is 0.273 e. The van der Waals surface area contributed by atoms with Gasteiger partial charge in [0.05, 0.1) is 12.2 Å². The van der Waals surface area contributed by atoms with Gasteiger partial charge < -0.3 is 15.5 Å².